The molecule has 0 aromatic carbocycles. The fraction of sp³-hybridized carbons (Fsp3) is 0.667. The van der Waals surface area contributed by atoms with E-state index in [1.165, 1.54) is 0 Å². The van der Waals surface area contributed by atoms with E-state index >= 15 is 0 Å². The van der Waals surface area contributed by atoms with E-state index in [2.05, 4.69) is 24.5 Å². The molecule has 0 heterocycles. The highest BCUT2D eigenvalue weighted by molar-refractivity contribution is 6.89. The zero-order valence-electron chi connectivity index (χ0n) is 14.3. The Balaban J connectivity index is 5.14. The van der Waals surface area contributed by atoms with Crippen LogP contribution in [-0.2, 0) is 26.6 Å². The maximum atomic E-state index is 5.38. The fourth-order valence-corrected chi connectivity index (χ4v) is 8.59. The van der Waals surface area contributed by atoms with Crippen LogP contribution in [0.15, 0.2) is 22.8 Å². The highest BCUT2D eigenvalue weighted by Gasteiger charge is 2.37. The van der Waals surface area contributed by atoms with Gasteiger partial charge in [0.05, 0.1) is 8.07 Å². The molecular weight excluding hydrogens is 324 g/mol. The molecule has 0 N–H and O–H groups in total. The number of hydrogen-bond acceptors (Lipinski definition) is 6. The molecule has 0 bridgehead atoms. The third kappa shape index (κ3) is 6.26. The average Bonchev–Trinajstić information content (AvgIpc) is 2.51. The maximum Gasteiger partial charge on any atom is 0.528 e. The van der Waals surface area contributed by atoms with Gasteiger partial charge in [-0.15, -0.1) is 0 Å². The lowest BCUT2D eigenvalue weighted by Crippen LogP contribution is -2.43. The van der Waals surface area contributed by atoms with Crippen molar-refractivity contribution >= 4 is 25.7 Å². The summed E-state index contributed by atoms with van der Waals surface area (Å²) in [5.41, 5.74) is 8.07. The molecule has 0 saturated heterocycles. The Kier molecular flexibility index (Phi) is 9.08. The topological polar surface area (TPSA) is 55.4 Å². The van der Waals surface area contributed by atoms with Crippen molar-refractivity contribution in [2.45, 2.75) is 13.1 Å². The van der Waals surface area contributed by atoms with Crippen molar-refractivity contribution in [3.05, 3.63) is 22.8 Å². The van der Waals surface area contributed by atoms with Crippen molar-refractivity contribution < 1.29 is 26.6 Å². The van der Waals surface area contributed by atoms with Crippen molar-refractivity contribution in [2.75, 3.05) is 42.7 Å². The monoisotopic (exact) mass is 352 g/mol. The predicted octanol–water partition coefficient (Wildman–Crippen LogP) is 1.72. The van der Waals surface area contributed by atoms with E-state index in [0.717, 1.165) is 0 Å². The van der Waals surface area contributed by atoms with Crippen LogP contribution in [0.25, 0.3) is 0 Å². The summed E-state index contributed by atoms with van der Waals surface area (Å²) >= 11 is 0. The Bertz CT molecular complexity index is 302. The van der Waals surface area contributed by atoms with Crippen LogP contribution in [0, 0.1) is 0 Å². The largest absolute Gasteiger partial charge is 0.528 e. The molecule has 0 saturated carbocycles. The van der Waals surface area contributed by atoms with Gasteiger partial charge < -0.3 is 26.6 Å². The van der Waals surface area contributed by atoms with E-state index in [1.54, 1.807) is 42.7 Å². The molecule has 0 spiro atoms. The first-order valence-corrected chi connectivity index (χ1v) is 13.3. The van der Waals surface area contributed by atoms with Crippen molar-refractivity contribution in [1.29, 1.82) is 0 Å². The Labute approximate surface area is 131 Å². The summed E-state index contributed by atoms with van der Waals surface area (Å²) in [7, 11) is 2.37. The summed E-state index contributed by atoms with van der Waals surface area (Å²) in [5.74, 6) is 0. The highest BCUT2D eigenvalue weighted by atomic mass is 28.4. The average molecular weight is 353 g/mol. The summed E-state index contributed by atoms with van der Waals surface area (Å²) < 4.78 is 32.3. The second-order valence-corrected chi connectivity index (χ2v) is 14.8. The Morgan fingerprint density at radius 3 is 0.905 bits per heavy atom. The van der Waals surface area contributed by atoms with E-state index < -0.39 is 25.7 Å². The van der Waals surface area contributed by atoms with Gasteiger partial charge in [-0.1, -0.05) is 24.5 Å². The summed E-state index contributed by atoms with van der Waals surface area (Å²) in [4.78, 5) is 0. The number of hydrogen-bond donors (Lipinski definition) is 0. The molecule has 124 valence electrons. The second kappa shape index (κ2) is 9.12. The third-order valence-corrected chi connectivity index (χ3v) is 10.4. The predicted molar refractivity (Wildman–Crippen MR) is 89.3 cm³/mol. The minimum absolute atomic E-state index is 1.59. The first-order chi connectivity index (χ1) is 9.78. The van der Waals surface area contributed by atoms with Crippen LogP contribution in [0.1, 0.15) is 0 Å². The van der Waals surface area contributed by atoms with Crippen molar-refractivity contribution in [3.63, 3.8) is 0 Å². The first kappa shape index (κ1) is 20.9. The Morgan fingerprint density at radius 2 is 0.714 bits per heavy atom. The molecule has 0 aliphatic rings. The van der Waals surface area contributed by atoms with E-state index in [1.807, 2.05) is 11.4 Å². The van der Waals surface area contributed by atoms with Gasteiger partial charge in [-0.3, -0.25) is 0 Å². The first-order valence-electron chi connectivity index (χ1n) is 6.50. The zero-order chi connectivity index (χ0) is 16.6. The molecule has 21 heavy (non-hydrogen) atoms. The molecule has 9 heteroatoms. The van der Waals surface area contributed by atoms with Gasteiger partial charge >= 0.3 is 17.6 Å². The van der Waals surface area contributed by atoms with Crippen LogP contribution in [0.2, 0.25) is 13.1 Å². The van der Waals surface area contributed by atoms with Crippen molar-refractivity contribution in [1.82, 2.24) is 0 Å². The van der Waals surface area contributed by atoms with Crippen LogP contribution >= 0.6 is 0 Å². The van der Waals surface area contributed by atoms with E-state index in [0.29, 0.717) is 0 Å². The molecule has 0 rings (SSSR count). The van der Waals surface area contributed by atoms with Crippen LogP contribution in [0.4, 0.5) is 0 Å². The van der Waals surface area contributed by atoms with Crippen LogP contribution in [0.3, 0.4) is 0 Å². The maximum absolute atomic E-state index is 5.38. The lowest BCUT2D eigenvalue weighted by Gasteiger charge is -2.24. The van der Waals surface area contributed by atoms with Crippen LogP contribution in [-0.4, -0.2) is 68.3 Å². The molecule has 6 nitrogen and oxygen atoms in total. The minimum atomic E-state index is -2.69. The minimum Gasteiger partial charge on any atom is -0.374 e. The Hall–Kier alpha value is -0.109. The molecule has 0 atom stereocenters. The summed E-state index contributed by atoms with van der Waals surface area (Å²) in [6, 6.07) is 0. The van der Waals surface area contributed by atoms with E-state index in [4.69, 9.17) is 26.6 Å². The van der Waals surface area contributed by atoms with Crippen LogP contribution in [0.5, 0.6) is 0 Å². The number of rotatable bonds is 10. The molecule has 0 radical (unpaired) electrons. The Morgan fingerprint density at radius 1 is 0.476 bits per heavy atom. The third-order valence-electron chi connectivity index (χ3n) is 3.14. The quantitative estimate of drug-likeness (QED) is 0.558. The summed E-state index contributed by atoms with van der Waals surface area (Å²) in [6.07, 6.45) is 0. The van der Waals surface area contributed by atoms with Gasteiger partial charge in [0, 0.05) is 42.7 Å². The summed E-state index contributed by atoms with van der Waals surface area (Å²) in [6.45, 7) is 4.36. The summed E-state index contributed by atoms with van der Waals surface area (Å²) in [5, 5.41) is 0. The van der Waals surface area contributed by atoms with Crippen LogP contribution < -0.4 is 0 Å². The smallest absolute Gasteiger partial charge is 0.374 e. The molecule has 0 aliphatic heterocycles. The van der Waals surface area contributed by atoms with Gasteiger partial charge in [0.1, 0.15) is 0 Å². The zero-order valence-corrected chi connectivity index (χ0v) is 17.3. The van der Waals surface area contributed by atoms with E-state index in [9.17, 15) is 0 Å². The van der Waals surface area contributed by atoms with Gasteiger partial charge in [0.2, 0.25) is 0 Å². The lowest BCUT2D eigenvalue weighted by atomic mass is 11.2. The molecule has 0 unspecified atom stereocenters. The molecule has 0 aliphatic carbocycles. The molecular formula is C12H28O6Si3. The molecule has 0 aromatic rings. The molecule has 0 aromatic heterocycles. The van der Waals surface area contributed by atoms with Gasteiger partial charge in [0.25, 0.3) is 0 Å². The van der Waals surface area contributed by atoms with Gasteiger partial charge in [-0.05, 0) is 11.4 Å². The standard InChI is InChI=1S/C12H28O6Si3/c1-13-20(14-2,15-3)11-9-19(7,8)10-12-21(16-4,17-5)18-6/h9-12H,1-8H3/b11-9+,12-10+. The van der Waals surface area contributed by atoms with Gasteiger partial charge in [0.15, 0.2) is 0 Å². The fourth-order valence-electron chi connectivity index (χ4n) is 1.60. The normalized spacial score (nSPS) is 14.5. The van der Waals surface area contributed by atoms with E-state index in [-0.39, 0.29) is 0 Å². The highest BCUT2D eigenvalue weighted by Crippen LogP contribution is 2.15. The second-order valence-electron chi connectivity index (χ2n) is 4.92. The SMILES string of the molecule is CO[Si](/C=C/[Si](C)(C)/C=C/[Si](OC)(OC)OC)(OC)OC. The van der Waals surface area contributed by atoms with Crippen molar-refractivity contribution in [3.8, 4) is 0 Å². The molecule has 0 amide bonds. The lowest BCUT2D eigenvalue weighted by molar-refractivity contribution is 0.138. The van der Waals surface area contributed by atoms with Gasteiger partial charge in [-0.25, -0.2) is 0 Å². The molecule has 0 fully saturated rings. The van der Waals surface area contributed by atoms with Crippen molar-refractivity contribution in [2.24, 2.45) is 0 Å². The van der Waals surface area contributed by atoms with Gasteiger partial charge in [-0.2, -0.15) is 0 Å².